The number of nitrogens with one attached hydrogen (secondary N) is 2. The van der Waals surface area contributed by atoms with E-state index in [-0.39, 0.29) is 5.91 Å². The molecule has 6 heteroatoms. The molecule has 6 nitrogen and oxygen atoms in total. The smallest absolute Gasteiger partial charge is 0.273 e. The van der Waals surface area contributed by atoms with Crippen molar-refractivity contribution in [3.63, 3.8) is 0 Å². The lowest BCUT2D eigenvalue weighted by Gasteiger charge is -2.19. The number of rotatable bonds is 4. The Balaban J connectivity index is 1.60. The van der Waals surface area contributed by atoms with Gasteiger partial charge in [0, 0.05) is 18.5 Å². The minimum absolute atomic E-state index is 0.166. The third kappa shape index (κ3) is 2.45. The predicted octanol–water partition coefficient (Wildman–Crippen LogP) is 0.693. The molecule has 3 rings (SSSR count). The third-order valence-corrected chi connectivity index (χ3v) is 4.20. The largest absolute Gasteiger partial charge is 0.395 e. The standard InChI is InChI=1S/C13H21N5O/c1-18-6-2-3-9(18)7-15-13(19)12-10(14)11(16-17-12)8-4-5-8/h8-9H,2-7,14H2,1H3,(H,15,19)(H,16,17). The van der Waals surface area contributed by atoms with E-state index < -0.39 is 0 Å². The first-order valence-electron chi connectivity index (χ1n) is 6.99. The van der Waals surface area contributed by atoms with Crippen molar-refractivity contribution in [1.82, 2.24) is 20.4 Å². The fourth-order valence-corrected chi connectivity index (χ4v) is 2.75. The summed E-state index contributed by atoms with van der Waals surface area (Å²) in [6.07, 6.45) is 4.62. The van der Waals surface area contributed by atoms with Gasteiger partial charge in [-0.15, -0.1) is 0 Å². The van der Waals surface area contributed by atoms with Gasteiger partial charge in [0.1, 0.15) is 0 Å². The predicted molar refractivity (Wildman–Crippen MR) is 73.0 cm³/mol. The highest BCUT2D eigenvalue weighted by Crippen LogP contribution is 2.42. The average molecular weight is 263 g/mol. The van der Waals surface area contributed by atoms with Crippen LogP contribution in [-0.4, -0.2) is 47.2 Å². The molecule has 1 aliphatic carbocycles. The van der Waals surface area contributed by atoms with Crippen LogP contribution in [0.2, 0.25) is 0 Å². The lowest BCUT2D eigenvalue weighted by Crippen LogP contribution is -2.38. The zero-order valence-electron chi connectivity index (χ0n) is 11.3. The Labute approximate surface area is 112 Å². The summed E-state index contributed by atoms with van der Waals surface area (Å²) in [5, 5.41) is 9.91. The maximum absolute atomic E-state index is 12.1. The van der Waals surface area contributed by atoms with Gasteiger partial charge in [0.25, 0.3) is 5.91 Å². The molecule has 0 radical (unpaired) electrons. The van der Waals surface area contributed by atoms with Crippen molar-refractivity contribution < 1.29 is 4.79 Å². The quantitative estimate of drug-likeness (QED) is 0.746. The van der Waals surface area contributed by atoms with Crippen LogP contribution < -0.4 is 11.1 Å². The number of likely N-dealkylation sites (tertiary alicyclic amines) is 1. The molecule has 1 aromatic heterocycles. The summed E-state index contributed by atoms with van der Waals surface area (Å²) in [4.78, 5) is 14.4. The summed E-state index contributed by atoms with van der Waals surface area (Å²) < 4.78 is 0. The van der Waals surface area contributed by atoms with Crippen LogP contribution in [-0.2, 0) is 0 Å². The molecule has 1 saturated heterocycles. The van der Waals surface area contributed by atoms with Crippen molar-refractivity contribution in [2.24, 2.45) is 0 Å². The molecule has 1 atom stereocenters. The number of nitrogens with zero attached hydrogens (tertiary/aromatic N) is 2. The summed E-state index contributed by atoms with van der Waals surface area (Å²) >= 11 is 0. The van der Waals surface area contributed by atoms with E-state index in [2.05, 4.69) is 27.5 Å². The topological polar surface area (TPSA) is 87.0 Å². The van der Waals surface area contributed by atoms with E-state index in [1.54, 1.807) is 0 Å². The van der Waals surface area contributed by atoms with Gasteiger partial charge < -0.3 is 16.0 Å². The van der Waals surface area contributed by atoms with E-state index >= 15 is 0 Å². The lowest BCUT2D eigenvalue weighted by atomic mass is 10.2. The van der Waals surface area contributed by atoms with Crippen LogP contribution in [0.3, 0.4) is 0 Å². The number of nitrogens with two attached hydrogens (primary N) is 1. The number of likely N-dealkylation sites (N-methyl/N-ethyl adjacent to an activating group) is 1. The van der Waals surface area contributed by atoms with Crippen molar-refractivity contribution in [2.75, 3.05) is 25.9 Å². The molecule has 1 unspecified atom stereocenters. The van der Waals surface area contributed by atoms with Crippen LogP contribution in [0.4, 0.5) is 5.69 Å². The van der Waals surface area contributed by atoms with Gasteiger partial charge in [-0.2, -0.15) is 5.10 Å². The van der Waals surface area contributed by atoms with Gasteiger partial charge in [-0.05, 0) is 39.3 Å². The Morgan fingerprint density at radius 3 is 2.95 bits per heavy atom. The van der Waals surface area contributed by atoms with Crippen LogP contribution in [0.5, 0.6) is 0 Å². The molecule has 1 saturated carbocycles. The molecular formula is C13H21N5O. The van der Waals surface area contributed by atoms with Gasteiger partial charge in [-0.3, -0.25) is 9.89 Å². The van der Waals surface area contributed by atoms with Crippen LogP contribution >= 0.6 is 0 Å². The Kier molecular flexibility index (Phi) is 3.18. The zero-order valence-corrected chi connectivity index (χ0v) is 11.3. The second-order valence-electron chi connectivity index (χ2n) is 5.66. The van der Waals surface area contributed by atoms with E-state index in [1.165, 1.54) is 6.42 Å². The van der Waals surface area contributed by atoms with E-state index in [9.17, 15) is 4.79 Å². The number of hydrogen-bond donors (Lipinski definition) is 3. The molecule has 0 aromatic carbocycles. The highest BCUT2D eigenvalue weighted by atomic mass is 16.2. The van der Waals surface area contributed by atoms with Crippen molar-refractivity contribution in [1.29, 1.82) is 0 Å². The molecule has 2 aliphatic rings. The maximum Gasteiger partial charge on any atom is 0.273 e. The van der Waals surface area contributed by atoms with E-state index in [1.807, 2.05) is 0 Å². The van der Waals surface area contributed by atoms with Gasteiger partial charge in [-0.25, -0.2) is 0 Å². The molecular weight excluding hydrogens is 242 g/mol. The second kappa shape index (κ2) is 4.85. The van der Waals surface area contributed by atoms with E-state index in [0.717, 1.165) is 31.5 Å². The normalized spacial score (nSPS) is 23.7. The summed E-state index contributed by atoms with van der Waals surface area (Å²) in [7, 11) is 2.10. The molecule has 19 heavy (non-hydrogen) atoms. The summed E-state index contributed by atoms with van der Waals surface area (Å²) in [6, 6.07) is 0.437. The number of H-pyrrole nitrogens is 1. The third-order valence-electron chi connectivity index (χ3n) is 4.20. The SMILES string of the molecule is CN1CCCC1CNC(=O)c1n[nH]c(C2CC2)c1N. The molecule has 4 N–H and O–H groups in total. The minimum Gasteiger partial charge on any atom is -0.395 e. The fourth-order valence-electron chi connectivity index (χ4n) is 2.75. The van der Waals surface area contributed by atoms with E-state index in [4.69, 9.17) is 5.73 Å². The number of anilines is 1. The summed E-state index contributed by atoms with van der Waals surface area (Å²) in [6.45, 7) is 1.78. The van der Waals surface area contributed by atoms with Gasteiger partial charge in [0.2, 0.25) is 0 Å². The molecule has 0 spiro atoms. The van der Waals surface area contributed by atoms with Gasteiger partial charge in [-0.1, -0.05) is 0 Å². The molecule has 2 fully saturated rings. The number of nitrogen functional groups attached to an aromatic ring is 1. The average Bonchev–Trinajstić information content (AvgIpc) is 3.04. The first-order valence-corrected chi connectivity index (χ1v) is 6.99. The lowest BCUT2D eigenvalue weighted by molar-refractivity contribution is 0.0939. The van der Waals surface area contributed by atoms with Gasteiger partial charge in [0.15, 0.2) is 5.69 Å². The number of aromatic amines is 1. The number of carbonyl (C=O) groups is 1. The van der Waals surface area contributed by atoms with Crippen molar-refractivity contribution in [3.8, 4) is 0 Å². The van der Waals surface area contributed by atoms with Crippen molar-refractivity contribution >= 4 is 11.6 Å². The highest BCUT2D eigenvalue weighted by molar-refractivity contribution is 5.97. The zero-order chi connectivity index (χ0) is 13.4. The maximum atomic E-state index is 12.1. The molecule has 1 amide bonds. The van der Waals surface area contributed by atoms with Crippen LogP contribution in [0.15, 0.2) is 0 Å². The molecule has 1 aromatic rings. The first kappa shape index (κ1) is 12.5. The Morgan fingerprint density at radius 1 is 1.53 bits per heavy atom. The van der Waals surface area contributed by atoms with Crippen molar-refractivity contribution in [2.45, 2.75) is 37.6 Å². The van der Waals surface area contributed by atoms with Crippen LogP contribution in [0, 0.1) is 0 Å². The van der Waals surface area contributed by atoms with Crippen LogP contribution in [0.25, 0.3) is 0 Å². The minimum atomic E-state index is -0.166. The number of hydrogen-bond acceptors (Lipinski definition) is 4. The monoisotopic (exact) mass is 263 g/mol. The summed E-state index contributed by atoms with van der Waals surface area (Å²) in [5.74, 6) is 0.316. The number of carbonyl (C=O) groups excluding carboxylic acids is 1. The molecule has 0 bridgehead atoms. The van der Waals surface area contributed by atoms with Gasteiger partial charge >= 0.3 is 0 Å². The van der Waals surface area contributed by atoms with Crippen molar-refractivity contribution in [3.05, 3.63) is 11.4 Å². The number of amides is 1. The Bertz CT molecular complexity index is 479. The first-order chi connectivity index (χ1) is 9.16. The molecule has 104 valence electrons. The van der Waals surface area contributed by atoms with E-state index in [0.29, 0.717) is 29.9 Å². The molecule has 2 heterocycles. The number of aromatic nitrogens is 2. The highest BCUT2D eigenvalue weighted by Gasteiger charge is 2.30. The summed E-state index contributed by atoms with van der Waals surface area (Å²) in [5.41, 5.74) is 7.80. The molecule has 1 aliphatic heterocycles. The fraction of sp³-hybridized carbons (Fsp3) is 0.692. The second-order valence-corrected chi connectivity index (χ2v) is 5.66. The Morgan fingerprint density at radius 2 is 2.32 bits per heavy atom. The van der Waals surface area contributed by atoms with Gasteiger partial charge in [0.05, 0.1) is 11.4 Å². The Hall–Kier alpha value is -1.56. The van der Waals surface area contributed by atoms with Crippen LogP contribution in [0.1, 0.15) is 47.8 Å².